The quantitative estimate of drug-likeness (QED) is 0.409. The van der Waals surface area contributed by atoms with Gasteiger partial charge in [0.2, 0.25) is 5.82 Å². The number of fused-ring (bicyclic) bond motifs is 1. The Kier molecular flexibility index (Phi) is 5.17. The summed E-state index contributed by atoms with van der Waals surface area (Å²) in [6.45, 7) is -3.61. The van der Waals surface area contributed by atoms with Gasteiger partial charge in [0.1, 0.15) is 5.75 Å². The van der Waals surface area contributed by atoms with E-state index in [-0.39, 0.29) is 35.0 Å². The average molecular weight is 443 g/mol. The number of alkyl halides is 5. The third-order valence-electron chi connectivity index (χ3n) is 4.26. The van der Waals surface area contributed by atoms with E-state index in [0.717, 1.165) is 12.1 Å². The number of benzene rings is 2. The first kappa shape index (κ1) is 20.5. The Morgan fingerprint density at radius 1 is 1.13 bits per heavy atom. The van der Waals surface area contributed by atoms with Gasteiger partial charge in [0, 0.05) is 23.2 Å². The summed E-state index contributed by atoms with van der Waals surface area (Å²) < 4.78 is 88.3. The van der Waals surface area contributed by atoms with Crippen LogP contribution in [0.25, 0.3) is 22.6 Å². The van der Waals surface area contributed by atoms with Gasteiger partial charge in [0.15, 0.2) is 17.2 Å². The first-order chi connectivity index (χ1) is 14.7. The normalized spacial score (nSPS) is 12.0. The standard InChI is InChI=1S/C18H11F6N5O2/c19-14-9(2-1-8-5-13(30-15(8)14)16-26-28-29-27-16)7-25-10-3-4-12(31-17(20)21)11(6-10)18(22,23)24/h1-6,17,25H,7H2,(H,26,27,28,29). The summed E-state index contributed by atoms with van der Waals surface area (Å²) in [4.78, 5) is 0. The number of ether oxygens (including phenoxy) is 1. The van der Waals surface area contributed by atoms with Crippen LogP contribution >= 0.6 is 0 Å². The van der Waals surface area contributed by atoms with Crippen LogP contribution in [-0.2, 0) is 12.7 Å². The maximum absolute atomic E-state index is 14.8. The Labute approximate surface area is 169 Å². The highest BCUT2D eigenvalue weighted by atomic mass is 19.4. The largest absolute Gasteiger partial charge is 0.449 e. The van der Waals surface area contributed by atoms with E-state index in [4.69, 9.17) is 4.42 Å². The van der Waals surface area contributed by atoms with Gasteiger partial charge in [-0.3, -0.25) is 0 Å². The molecule has 0 aliphatic carbocycles. The van der Waals surface area contributed by atoms with Crippen molar-refractivity contribution in [1.29, 1.82) is 0 Å². The monoisotopic (exact) mass is 443 g/mol. The summed E-state index contributed by atoms with van der Waals surface area (Å²) in [6, 6.07) is 6.99. The van der Waals surface area contributed by atoms with Crippen LogP contribution in [0.15, 0.2) is 40.8 Å². The van der Waals surface area contributed by atoms with Crippen LogP contribution in [0.2, 0.25) is 0 Å². The van der Waals surface area contributed by atoms with E-state index in [1.54, 1.807) is 6.07 Å². The number of rotatable bonds is 6. The molecule has 0 unspecified atom stereocenters. The number of tetrazole rings is 1. The molecule has 31 heavy (non-hydrogen) atoms. The molecule has 2 aromatic heterocycles. The van der Waals surface area contributed by atoms with Gasteiger partial charge in [0.25, 0.3) is 0 Å². The van der Waals surface area contributed by atoms with E-state index in [1.165, 1.54) is 12.1 Å². The van der Waals surface area contributed by atoms with E-state index in [9.17, 15) is 26.3 Å². The van der Waals surface area contributed by atoms with Gasteiger partial charge >= 0.3 is 12.8 Å². The fraction of sp³-hybridized carbons (Fsp3) is 0.167. The Morgan fingerprint density at radius 2 is 1.94 bits per heavy atom. The molecule has 0 amide bonds. The Morgan fingerprint density at radius 3 is 2.61 bits per heavy atom. The lowest BCUT2D eigenvalue weighted by Gasteiger charge is -2.15. The van der Waals surface area contributed by atoms with Gasteiger partial charge < -0.3 is 14.5 Å². The number of furan rings is 1. The third-order valence-corrected chi connectivity index (χ3v) is 4.26. The molecule has 4 rings (SSSR count). The summed E-state index contributed by atoms with van der Waals surface area (Å²) in [6.07, 6.45) is -4.92. The fourth-order valence-electron chi connectivity index (χ4n) is 2.88. The molecular formula is C18H11F6N5O2. The minimum absolute atomic E-state index is 0.0691. The van der Waals surface area contributed by atoms with Crippen molar-refractivity contribution < 1.29 is 35.5 Å². The Balaban J connectivity index is 1.58. The molecule has 162 valence electrons. The number of aromatic amines is 1. The van der Waals surface area contributed by atoms with Crippen molar-refractivity contribution in [3.63, 3.8) is 0 Å². The summed E-state index contributed by atoms with van der Waals surface area (Å²) in [7, 11) is 0. The van der Waals surface area contributed by atoms with Crippen molar-refractivity contribution in [2.75, 3.05) is 5.32 Å². The number of halogens is 6. The average Bonchev–Trinajstić information content (AvgIpc) is 3.37. The highest BCUT2D eigenvalue weighted by molar-refractivity contribution is 5.83. The Bertz CT molecular complexity index is 1210. The van der Waals surface area contributed by atoms with Gasteiger partial charge in [0.05, 0.1) is 5.56 Å². The highest BCUT2D eigenvalue weighted by Crippen LogP contribution is 2.38. The SMILES string of the molecule is Fc1c(CNc2ccc(OC(F)F)c(C(F)(F)F)c2)ccc2cc(-c3nn[nH]n3)oc12. The van der Waals surface area contributed by atoms with Gasteiger partial charge in [-0.25, -0.2) is 4.39 Å². The molecule has 13 heteroatoms. The molecule has 0 atom stereocenters. The zero-order chi connectivity index (χ0) is 22.2. The summed E-state index contributed by atoms with van der Waals surface area (Å²) in [5.74, 6) is -1.43. The minimum atomic E-state index is -4.92. The van der Waals surface area contributed by atoms with E-state index < -0.39 is 29.9 Å². The predicted octanol–water partition coefficient (Wildman–Crippen LogP) is 4.98. The first-order valence-corrected chi connectivity index (χ1v) is 8.57. The van der Waals surface area contributed by atoms with Crippen LogP contribution in [0.1, 0.15) is 11.1 Å². The van der Waals surface area contributed by atoms with Gasteiger partial charge in [-0.1, -0.05) is 12.1 Å². The molecule has 0 spiro atoms. The number of nitrogens with zero attached hydrogens (tertiary/aromatic N) is 3. The molecule has 4 aromatic rings. The first-order valence-electron chi connectivity index (χ1n) is 8.57. The molecule has 7 nitrogen and oxygen atoms in total. The molecule has 0 aliphatic heterocycles. The van der Waals surface area contributed by atoms with Crippen molar-refractivity contribution in [2.45, 2.75) is 19.3 Å². The van der Waals surface area contributed by atoms with Crippen LogP contribution in [0.5, 0.6) is 5.75 Å². The van der Waals surface area contributed by atoms with E-state index in [2.05, 4.69) is 30.7 Å². The molecule has 2 heterocycles. The Hall–Kier alpha value is -3.77. The maximum Gasteiger partial charge on any atom is 0.420 e. The van der Waals surface area contributed by atoms with Crippen molar-refractivity contribution in [3.8, 4) is 17.3 Å². The zero-order valence-corrected chi connectivity index (χ0v) is 15.2. The smallest absolute Gasteiger partial charge is 0.420 e. The van der Waals surface area contributed by atoms with Crippen LogP contribution in [0.3, 0.4) is 0 Å². The third kappa shape index (κ3) is 4.25. The minimum Gasteiger partial charge on any atom is -0.449 e. The van der Waals surface area contributed by atoms with E-state index in [1.807, 2.05) is 0 Å². The second-order valence-electron chi connectivity index (χ2n) is 6.24. The summed E-state index contributed by atoms with van der Waals surface area (Å²) >= 11 is 0. The summed E-state index contributed by atoms with van der Waals surface area (Å²) in [5.41, 5.74) is -1.44. The molecular weight excluding hydrogens is 432 g/mol. The number of anilines is 1. The number of nitrogens with one attached hydrogen (secondary N) is 2. The van der Waals surface area contributed by atoms with Crippen molar-refractivity contribution in [3.05, 3.63) is 53.3 Å². The van der Waals surface area contributed by atoms with Crippen LogP contribution < -0.4 is 10.1 Å². The lowest BCUT2D eigenvalue weighted by atomic mass is 10.1. The van der Waals surface area contributed by atoms with Crippen LogP contribution in [0, 0.1) is 5.82 Å². The molecule has 2 N–H and O–H groups in total. The van der Waals surface area contributed by atoms with Crippen molar-refractivity contribution in [1.82, 2.24) is 20.6 Å². The second-order valence-corrected chi connectivity index (χ2v) is 6.24. The number of H-pyrrole nitrogens is 1. The van der Waals surface area contributed by atoms with E-state index in [0.29, 0.717) is 11.5 Å². The zero-order valence-electron chi connectivity index (χ0n) is 15.2. The van der Waals surface area contributed by atoms with E-state index >= 15 is 0 Å². The lowest BCUT2D eigenvalue weighted by Crippen LogP contribution is -2.12. The van der Waals surface area contributed by atoms with Crippen LogP contribution in [0.4, 0.5) is 32.0 Å². The molecule has 0 aliphatic rings. The molecule has 0 radical (unpaired) electrons. The van der Waals surface area contributed by atoms with Gasteiger partial charge in [-0.05, 0) is 29.5 Å². The topological polar surface area (TPSA) is 88.9 Å². The fourth-order valence-corrected chi connectivity index (χ4v) is 2.88. The maximum atomic E-state index is 14.8. The van der Waals surface area contributed by atoms with Gasteiger partial charge in [-0.15, -0.1) is 10.2 Å². The molecule has 0 saturated carbocycles. The van der Waals surface area contributed by atoms with Crippen molar-refractivity contribution >= 4 is 16.7 Å². The highest BCUT2D eigenvalue weighted by Gasteiger charge is 2.35. The van der Waals surface area contributed by atoms with Gasteiger partial charge in [-0.2, -0.15) is 27.2 Å². The lowest BCUT2D eigenvalue weighted by molar-refractivity contribution is -0.141. The molecule has 2 aromatic carbocycles. The second kappa shape index (κ2) is 7.81. The molecule has 0 saturated heterocycles. The van der Waals surface area contributed by atoms with Crippen LogP contribution in [-0.4, -0.2) is 27.2 Å². The number of hydrogen-bond donors (Lipinski definition) is 2. The number of aromatic nitrogens is 4. The predicted molar refractivity (Wildman–Crippen MR) is 94.7 cm³/mol. The number of hydrogen-bond acceptors (Lipinski definition) is 6. The van der Waals surface area contributed by atoms with Crippen molar-refractivity contribution in [2.24, 2.45) is 0 Å². The summed E-state index contributed by atoms with van der Waals surface area (Å²) in [5, 5.41) is 16.2. The molecule has 0 bridgehead atoms. The molecule has 0 fully saturated rings.